The Balaban J connectivity index is 1.46. The number of aromatic nitrogens is 1. The highest BCUT2D eigenvalue weighted by atomic mass is 35.5. The SMILES string of the molecule is CN1CCC(NC(=O)c2ccc(Nc3oc(-c4c(F)cccc4Cl)nc3CN)cc2)CC1. The van der Waals surface area contributed by atoms with E-state index in [-0.39, 0.29) is 35.0 Å². The first-order chi connectivity index (χ1) is 15.4. The zero-order chi connectivity index (χ0) is 22.7. The smallest absolute Gasteiger partial charge is 0.251 e. The fourth-order valence-electron chi connectivity index (χ4n) is 3.65. The van der Waals surface area contributed by atoms with Gasteiger partial charge < -0.3 is 25.7 Å². The van der Waals surface area contributed by atoms with Crippen molar-refractivity contribution in [3.05, 3.63) is 64.6 Å². The van der Waals surface area contributed by atoms with Crippen molar-refractivity contribution in [2.75, 3.05) is 25.5 Å². The minimum absolute atomic E-state index is 0.0465. The predicted octanol–water partition coefficient (Wildman–Crippen LogP) is 4.16. The van der Waals surface area contributed by atoms with Crippen molar-refractivity contribution in [2.24, 2.45) is 5.73 Å². The number of benzene rings is 2. The molecular weight excluding hydrogens is 433 g/mol. The summed E-state index contributed by atoms with van der Waals surface area (Å²) >= 11 is 6.12. The Labute approximate surface area is 190 Å². The summed E-state index contributed by atoms with van der Waals surface area (Å²) in [6, 6.07) is 11.6. The summed E-state index contributed by atoms with van der Waals surface area (Å²) in [6.45, 7) is 2.05. The van der Waals surface area contributed by atoms with E-state index in [9.17, 15) is 9.18 Å². The molecule has 1 aliphatic heterocycles. The lowest BCUT2D eigenvalue weighted by Crippen LogP contribution is -2.43. The third kappa shape index (κ3) is 4.93. The summed E-state index contributed by atoms with van der Waals surface area (Å²) < 4.78 is 20.0. The highest BCUT2D eigenvalue weighted by Crippen LogP contribution is 2.34. The second-order valence-corrected chi connectivity index (χ2v) is 8.26. The first-order valence-corrected chi connectivity index (χ1v) is 10.8. The molecule has 2 aromatic carbocycles. The minimum Gasteiger partial charge on any atom is -0.420 e. The van der Waals surface area contributed by atoms with E-state index in [0.29, 0.717) is 22.8 Å². The highest BCUT2D eigenvalue weighted by molar-refractivity contribution is 6.33. The fraction of sp³-hybridized carbons (Fsp3) is 0.304. The summed E-state index contributed by atoms with van der Waals surface area (Å²) in [5, 5.41) is 6.38. The Hall–Kier alpha value is -2.94. The maximum Gasteiger partial charge on any atom is 0.251 e. The molecule has 1 fully saturated rings. The quantitative estimate of drug-likeness (QED) is 0.514. The molecule has 7 nitrogen and oxygen atoms in total. The van der Waals surface area contributed by atoms with Gasteiger partial charge in [0, 0.05) is 23.8 Å². The lowest BCUT2D eigenvalue weighted by Gasteiger charge is -2.29. The Morgan fingerprint density at radius 2 is 1.97 bits per heavy atom. The van der Waals surface area contributed by atoms with Crippen molar-refractivity contribution in [3.8, 4) is 11.5 Å². The summed E-state index contributed by atoms with van der Waals surface area (Å²) in [6.07, 6.45) is 1.90. The van der Waals surface area contributed by atoms with Crippen LogP contribution in [0.2, 0.25) is 5.02 Å². The lowest BCUT2D eigenvalue weighted by atomic mass is 10.0. The number of hydrogen-bond donors (Lipinski definition) is 3. The van der Waals surface area contributed by atoms with E-state index in [2.05, 4.69) is 27.6 Å². The molecule has 3 aromatic rings. The number of carbonyl (C=O) groups excluding carboxylic acids is 1. The summed E-state index contributed by atoms with van der Waals surface area (Å²) in [7, 11) is 2.09. The number of amides is 1. The topological polar surface area (TPSA) is 96.4 Å². The Morgan fingerprint density at radius 3 is 2.62 bits per heavy atom. The standard InChI is InChI=1S/C23H25ClFN5O2/c1-30-11-9-16(10-12-30)27-21(31)14-5-7-15(8-6-14)28-22-19(13-26)29-23(32-22)20-17(24)3-2-4-18(20)25/h2-8,16,28H,9-13,26H2,1H3,(H,27,31). The van der Waals surface area contributed by atoms with Crippen molar-refractivity contribution >= 4 is 29.1 Å². The van der Waals surface area contributed by atoms with Gasteiger partial charge in [0.1, 0.15) is 11.5 Å². The number of nitrogens with two attached hydrogens (primary N) is 1. The van der Waals surface area contributed by atoms with Gasteiger partial charge in [-0.25, -0.2) is 9.37 Å². The first-order valence-electron chi connectivity index (χ1n) is 10.4. The van der Waals surface area contributed by atoms with Crippen LogP contribution in [-0.4, -0.2) is 42.0 Å². The van der Waals surface area contributed by atoms with Gasteiger partial charge in [0.25, 0.3) is 5.91 Å². The van der Waals surface area contributed by atoms with E-state index in [1.165, 1.54) is 12.1 Å². The van der Waals surface area contributed by atoms with Crippen LogP contribution in [0.3, 0.4) is 0 Å². The lowest BCUT2D eigenvalue weighted by molar-refractivity contribution is 0.0917. The number of rotatable bonds is 6. The van der Waals surface area contributed by atoms with E-state index < -0.39 is 5.82 Å². The monoisotopic (exact) mass is 457 g/mol. The average Bonchev–Trinajstić information content (AvgIpc) is 3.18. The molecule has 168 valence electrons. The van der Waals surface area contributed by atoms with Crippen LogP contribution < -0.4 is 16.4 Å². The zero-order valence-electron chi connectivity index (χ0n) is 17.7. The molecule has 0 aliphatic carbocycles. The molecule has 1 aromatic heterocycles. The second-order valence-electron chi connectivity index (χ2n) is 7.85. The maximum absolute atomic E-state index is 14.2. The predicted molar refractivity (Wildman–Crippen MR) is 123 cm³/mol. The molecule has 0 bridgehead atoms. The number of likely N-dealkylation sites (tertiary alicyclic amines) is 1. The maximum atomic E-state index is 14.2. The second kappa shape index (κ2) is 9.68. The van der Waals surface area contributed by atoms with Gasteiger partial charge in [0.05, 0.1) is 10.6 Å². The van der Waals surface area contributed by atoms with Crippen LogP contribution in [-0.2, 0) is 6.54 Å². The van der Waals surface area contributed by atoms with Crippen LogP contribution in [0.4, 0.5) is 16.0 Å². The molecule has 32 heavy (non-hydrogen) atoms. The number of hydrogen-bond acceptors (Lipinski definition) is 6. The Morgan fingerprint density at radius 1 is 1.25 bits per heavy atom. The van der Waals surface area contributed by atoms with Crippen LogP contribution in [0.25, 0.3) is 11.5 Å². The molecule has 4 rings (SSSR count). The number of nitrogens with one attached hydrogen (secondary N) is 2. The van der Waals surface area contributed by atoms with Gasteiger partial charge in [-0.1, -0.05) is 17.7 Å². The van der Waals surface area contributed by atoms with Crippen molar-refractivity contribution < 1.29 is 13.6 Å². The van der Waals surface area contributed by atoms with Gasteiger partial charge in [-0.15, -0.1) is 0 Å². The number of anilines is 2. The van der Waals surface area contributed by atoms with Gasteiger partial charge in [0.2, 0.25) is 11.8 Å². The van der Waals surface area contributed by atoms with E-state index >= 15 is 0 Å². The van der Waals surface area contributed by atoms with Crippen LogP contribution in [0, 0.1) is 5.82 Å². The van der Waals surface area contributed by atoms with Crippen LogP contribution in [0.5, 0.6) is 0 Å². The van der Waals surface area contributed by atoms with Gasteiger partial charge in [-0.3, -0.25) is 4.79 Å². The highest BCUT2D eigenvalue weighted by Gasteiger charge is 2.21. The minimum atomic E-state index is -0.533. The molecule has 9 heteroatoms. The van der Waals surface area contributed by atoms with Crippen molar-refractivity contribution in [1.29, 1.82) is 0 Å². The Kier molecular flexibility index (Phi) is 6.74. The summed E-state index contributed by atoms with van der Waals surface area (Å²) in [4.78, 5) is 19.1. The number of piperidine rings is 1. The van der Waals surface area contributed by atoms with Crippen molar-refractivity contribution in [1.82, 2.24) is 15.2 Å². The largest absolute Gasteiger partial charge is 0.420 e. The number of oxazole rings is 1. The first kappa shape index (κ1) is 22.3. The number of nitrogens with zero attached hydrogens (tertiary/aromatic N) is 2. The van der Waals surface area contributed by atoms with E-state index in [1.54, 1.807) is 30.3 Å². The summed E-state index contributed by atoms with van der Waals surface area (Å²) in [5.41, 5.74) is 7.56. The molecule has 1 saturated heterocycles. The average molecular weight is 458 g/mol. The van der Waals surface area contributed by atoms with Crippen molar-refractivity contribution in [2.45, 2.75) is 25.4 Å². The molecule has 1 aliphatic rings. The Bertz CT molecular complexity index is 1070. The van der Waals surface area contributed by atoms with Gasteiger partial charge >= 0.3 is 0 Å². The van der Waals surface area contributed by atoms with Crippen LogP contribution in [0.1, 0.15) is 28.9 Å². The number of carbonyl (C=O) groups is 1. The molecule has 0 spiro atoms. The third-order valence-corrected chi connectivity index (χ3v) is 5.84. The summed E-state index contributed by atoms with van der Waals surface area (Å²) in [5.74, 6) is -0.283. The molecule has 2 heterocycles. The number of halogens is 2. The van der Waals surface area contributed by atoms with Crippen LogP contribution >= 0.6 is 11.6 Å². The molecular formula is C23H25ClFN5O2. The molecule has 0 saturated carbocycles. The van der Waals surface area contributed by atoms with E-state index in [4.69, 9.17) is 21.8 Å². The zero-order valence-corrected chi connectivity index (χ0v) is 18.5. The van der Waals surface area contributed by atoms with Gasteiger partial charge in [-0.2, -0.15) is 0 Å². The van der Waals surface area contributed by atoms with E-state index in [1.807, 2.05) is 0 Å². The van der Waals surface area contributed by atoms with Gasteiger partial charge in [-0.05, 0) is 69.4 Å². The van der Waals surface area contributed by atoms with Gasteiger partial charge in [0.15, 0.2) is 0 Å². The molecule has 0 unspecified atom stereocenters. The molecule has 4 N–H and O–H groups in total. The molecule has 0 atom stereocenters. The fourth-order valence-corrected chi connectivity index (χ4v) is 3.90. The molecule has 1 amide bonds. The van der Waals surface area contributed by atoms with Crippen LogP contribution in [0.15, 0.2) is 46.9 Å². The van der Waals surface area contributed by atoms with Crippen molar-refractivity contribution in [3.63, 3.8) is 0 Å². The van der Waals surface area contributed by atoms with E-state index in [0.717, 1.165) is 25.9 Å². The third-order valence-electron chi connectivity index (χ3n) is 5.53. The normalized spacial score (nSPS) is 15.0. The molecule has 0 radical (unpaired) electrons.